The Kier molecular flexibility index (Phi) is 7.04. The molecule has 0 atom stereocenters. The van der Waals surface area contributed by atoms with Gasteiger partial charge in [-0.3, -0.25) is 4.79 Å². The van der Waals surface area contributed by atoms with Crippen LogP contribution in [0.2, 0.25) is 0 Å². The van der Waals surface area contributed by atoms with Crippen molar-refractivity contribution in [3.63, 3.8) is 0 Å². The topological polar surface area (TPSA) is 118 Å². The van der Waals surface area contributed by atoms with Gasteiger partial charge < -0.3 is 24.9 Å². The Morgan fingerprint density at radius 1 is 1.12 bits per heavy atom. The monoisotopic (exact) mass is 448 g/mol. The Morgan fingerprint density at radius 3 is 2.52 bits per heavy atom. The Bertz CT molecular complexity index is 1290. The van der Waals surface area contributed by atoms with Gasteiger partial charge in [-0.2, -0.15) is 0 Å². The van der Waals surface area contributed by atoms with Crippen LogP contribution in [0.5, 0.6) is 5.75 Å². The molecule has 0 aliphatic heterocycles. The number of pyridine rings is 1. The number of amides is 1. The Morgan fingerprint density at radius 2 is 1.85 bits per heavy atom. The minimum Gasteiger partial charge on any atom is -0.487 e. The second-order valence-corrected chi connectivity index (χ2v) is 8.18. The van der Waals surface area contributed by atoms with E-state index in [1.54, 1.807) is 32.9 Å². The normalized spacial score (nSPS) is 10.8. The maximum Gasteiger partial charge on any atom is 0.408 e. The van der Waals surface area contributed by atoms with E-state index in [1.165, 1.54) is 0 Å². The summed E-state index contributed by atoms with van der Waals surface area (Å²) in [5.41, 5.74) is 0.328. The number of carboxylic acid groups (broad SMARTS) is 1. The number of ether oxygens (including phenoxy) is 2. The smallest absolute Gasteiger partial charge is 0.408 e. The Balaban J connectivity index is 1.90. The summed E-state index contributed by atoms with van der Waals surface area (Å²) in [7, 11) is 0. The summed E-state index contributed by atoms with van der Waals surface area (Å²) in [6.45, 7) is 5.54. The number of H-pyrrole nitrogens is 1. The predicted octanol–water partition coefficient (Wildman–Crippen LogP) is 3.68. The lowest BCUT2D eigenvalue weighted by atomic mass is 10.1. The summed E-state index contributed by atoms with van der Waals surface area (Å²) in [5, 5.41) is 12.1. The fourth-order valence-corrected chi connectivity index (χ4v) is 2.93. The molecule has 0 radical (unpaired) electrons. The third kappa shape index (κ3) is 6.61. The predicted molar refractivity (Wildman–Crippen MR) is 123 cm³/mol. The van der Waals surface area contributed by atoms with E-state index in [9.17, 15) is 19.5 Å². The second-order valence-electron chi connectivity index (χ2n) is 8.18. The second kappa shape index (κ2) is 9.92. The number of carbonyl (C=O) groups is 2. The summed E-state index contributed by atoms with van der Waals surface area (Å²) in [6, 6.07) is 13.6. The third-order valence-electron chi connectivity index (χ3n) is 4.32. The highest BCUT2D eigenvalue weighted by Crippen LogP contribution is 2.25. The van der Waals surface area contributed by atoms with Gasteiger partial charge in [0.2, 0.25) is 0 Å². The number of rotatable bonds is 5. The van der Waals surface area contributed by atoms with E-state index < -0.39 is 23.1 Å². The van der Waals surface area contributed by atoms with Gasteiger partial charge in [-0.25, -0.2) is 9.59 Å². The molecule has 170 valence electrons. The molecule has 0 bridgehead atoms. The molecule has 3 aromatic rings. The lowest BCUT2D eigenvalue weighted by Crippen LogP contribution is -2.32. The van der Waals surface area contributed by atoms with Crippen molar-refractivity contribution in [2.24, 2.45) is 0 Å². The van der Waals surface area contributed by atoms with Crippen molar-refractivity contribution in [2.75, 3.05) is 6.54 Å². The number of aromatic nitrogens is 1. The maximum absolute atomic E-state index is 12.6. The van der Waals surface area contributed by atoms with Crippen LogP contribution in [-0.2, 0) is 11.3 Å². The molecule has 0 spiro atoms. The van der Waals surface area contributed by atoms with E-state index in [0.717, 1.165) is 11.6 Å². The number of aromatic carboxylic acids is 1. The summed E-state index contributed by atoms with van der Waals surface area (Å²) < 4.78 is 11.1. The van der Waals surface area contributed by atoms with Crippen molar-refractivity contribution in [1.29, 1.82) is 0 Å². The van der Waals surface area contributed by atoms with Gasteiger partial charge in [0.1, 0.15) is 23.7 Å². The minimum absolute atomic E-state index is 0.0431. The molecule has 0 aliphatic carbocycles. The number of nitrogens with one attached hydrogen (secondary N) is 2. The van der Waals surface area contributed by atoms with Crippen LogP contribution in [-0.4, -0.2) is 34.3 Å². The number of hydrogen-bond donors (Lipinski definition) is 3. The van der Waals surface area contributed by atoms with Crippen molar-refractivity contribution >= 4 is 23.0 Å². The van der Waals surface area contributed by atoms with Gasteiger partial charge in [-0.15, -0.1) is 0 Å². The van der Waals surface area contributed by atoms with E-state index >= 15 is 0 Å². The molecule has 1 aromatic heterocycles. The molecule has 3 N–H and O–H groups in total. The quantitative estimate of drug-likeness (QED) is 0.513. The molecule has 0 unspecified atom stereocenters. The van der Waals surface area contributed by atoms with Gasteiger partial charge >= 0.3 is 12.1 Å². The molecule has 3 rings (SSSR count). The minimum atomic E-state index is -1.25. The number of carbonyl (C=O) groups excluding carboxylic acids is 1. The highest BCUT2D eigenvalue weighted by Gasteiger charge is 2.15. The van der Waals surface area contributed by atoms with Gasteiger partial charge in [-0.1, -0.05) is 42.2 Å². The Hall–Kier alpha value is -4.25. The largest absolute Gasteiger partial charge is 0.487 e. The van der Waals surface area contributed by atoms with E-state index in [2.05, 4.69) is 22.1 Å². The highest BCUT2D eigenvalue weighted by molar-refractivity contribution is 5.92. The molecular weight excluding hydrogens is 424 g/mol. The first-order chi connectivity index (χ1) is 15.6. The van der Waals surface area contributed by atoms with Crippen molar-refractivity contribution in [3.8, 4) is 17.6 Å². The number of carboxylic acids is 1. The van der Waals surface area contributed by atoms with E-state index in [1.807, 2.05) is 30.3 Å². The number of hydrogen-bond acceptors (Lipinski definition) is 5. The van der Waals surface area contributed by atoms with Gasteiger partial charge in [0.25, 0.3) is 0 Å². The molecule has 0 aliphatic rings. The molecule has 0 saturated heterocycles. The average molecular weight is 448 g/mol. The zero-order chi connectivity index (χ0) is 24.0. The Labute approximate surface area is 190 Å². The van der Waals surface area contributed by atoms with E-state index in [4.69, 9.17) is 9.47 Å². The first-order valence-electron chi connectivity index (χ1n) is 10.2. The summed E-state index contributed by atoms with van der Waals surface area (Å²) in [6.07, 6.45) is -0.583. The number of aromatic amines is 1. The number of benzene rings is 2. The first-order valence-corrected chi connectivity index (χ1v) is 10.2. The van der Waals surface area contributed by atoms with Gasteiger partial charge in [-0.05, 0) is 38.5 Å². The highest BCUT2D eigenvalue weighted by atomic mass is 16.6. The standard InChI is InChI=1S/C25H24N2O6/c1-25(2,3)33-24(31)26-11-7-10-17-12-18-20(28)14-19(23(29)30)27-22(18)21(13-17)32-15-16-8-5-4-6-9-16/h4-6,8-9,12-14H,11,15H2,1-3H3,(H,26,31)(H,27,28)(H,29,30). The summed E-state index contributed by atoms with van der Waals surface area (Å²) in [4.78, 5) is 38.5. The van der Waals surface area contributed by atoms with E-state index in [-0.39, 0.29) is 29.7 Å². The van der Waals surface area contributed by atoms with Gasteiger partial charge in [0, 0.05) is 11.6 Å². The van der Waals surface area contributed by atoms with Crippen molar-refractivity contribution < 1.29 is 24.2 Å². The van der Waals surface area contributed by atoms with Crippen LogP contribution in [0.25, 0.3) is 10.9 Å². The average Bonchev–Trinajstić information content (AvgIpc) is 2.75. The van der Waals surface area contributed by atoms with Crippen LogP contribution in [0.4, 0.5) is 4.79 Å². The van der Waals surface area contributed by atoms with Crippen LogP contribution >= 0.6 is 0 Å². The lowest BCUT2D eigenvalue weighted by molar-refractivity contribution is 0.0534. The van der Waals surface area contributed by atoms with E-state index in [0.29, 0.717) is 11.3 Å². The molecule has 33 heavy (non-hydrogen) atoms. The fourth-order valence-electron chi connectivity index (χ4n) is 2.93. The third-order valence-corrected chi connectivity index (χ3v) is 4.32. The number of alkyl carbamates (subject to hydrolysis) is 1. The zero-order valence-corrected chi connectivity index (χ0v) is 18.5. The van der Waals surface area contributed by atoms with Gasteiger partial charge in [0.05, 0.1) is 17.4 Å². The van der Waals surface area contributed by atoms with Crippen LogP contribution in [0.1, 0.15) is 42.4 Å². The molecule has 0 saturated carbocycles. The SMILES string of the molecule is CC(C)(C)OC(=O)NCC#Cc1cc(OCc2ccccc2)c2[nH]c(C(=O)O)cc(=O)c2c1. The van der Waals surface area contributed by atoms with Crippen LogP contribution in [0, 0.1) is 11.8 Å². The van der Waals surface area contributed by atoms with Crippen molar-refractivity contribution in [3.05, 3.63) is 75.6 Å². The number of fused-ring (bicyclic) bond motifs is 1. The molecular formula is C25H24N2O6. The van der Waals surface area contributed by atoms with Crippen LogP contribution in [0.3, 0.4) is 0 Å². The van der Waals surface area contributed by atoms with Gasteiger partial charge in [0.15, 0.2) is 5.43 Å². The van der Waals surface area contributed by atoms with Crippen LogP contribution in [0.15, 0.2) is 53.3 Å². The van der Waals surface area contributed by atoms with Crippen molar-refractivity contribution in [2.45, 2.75) is 33.0 Å². The molecule has 8 heteroatoms. The zero-order valence-electron chi connectivity index (χ0n) is 18.5. The molecule has 1 heterocycles. The summed E-state index contributed by atoms with van der Waals surface area (Å²) >= 11 is 0. The fraction of sp³-hybridized carbons (Fsp3) is 0.240. The molecule has 1 amide bonds. The molecule has 0 fully saturated rings. The van der Waals surface area contributed by atoms with Crippen molar-refractivity contribution in [1.82, 2.24) is 10.3 Å². The summed E-state index contributed by atoms with van der Waals surface area (Å²) in [5.74, 6) is 4.74. The lowest BCUT2D eigenvalue weighted by Gasteiger charge is -2.19. The molecule has 8 nitrogen and oxygen atoms in total. The first kappa shape index (κ1) is 23.4. The van der Waals surface area contributed by atoms with Crippen LogP contribution < -0.4 is 15.5 Å². The maximum atomic E-state index is 12.6. The molecule has 2 aromatic carbocycles.